The quantitative estimate of drug-likeness (QED) is 0.699. The van der Waals surface area contributed by atoms with Crippen molar-refractivity contribution in [1.82, 2.24) is 14.7 Å². The molecule has 0 aliphatic carbocycles. The summed E-state index contributed by atoms with van der Waals surface area (Å²) in [5, 5.41) is 9.08. The molecule has 0 fully saturated rings. The maximum atomic E-state index is 11.8. The second kappa shape index (κ2) is 4.70. The van der Waals surface area contributed by atoms with Gasteiger partial charge in [0.15, 0.2) is 5.03 Å². The summed E-state index contributed by atoms with van der Waals surface area (Å²) in [5.41, 5.74) is 0. The molecule has 1 unspecified atom stereocenters. The highest BCUT2D eigenvalue weighted by Gasteiger charge is 2.23. The Kier molecular flexibility index (Phi) is 3.27. The number of H-pyrrole nitrogens is 1. The van der Waals surface area contributed by atoms with E-state index in [0.29, 0.717) is 5.76 Å². The molecule has 0 aromatic carbocycles. The summed E-state index contributed by atoms with van der Waals surface area (Å²) >= 11 is 0. The Labute approximate surface area is 97.5 Å². The number of rotatable bonds is 5. The lowest BCUT2D eigenvalue weighted by Gasteiger charge is -2.12. The van der Waals surface area contributed by atoms with E-state index < -0.39 is 22.7 Å². The van der Waals surface area contributed by atoms with E-state index in [2.05, 4.69) is 14.7 Å². The monoisotopic (exact) mass is 257 g/mol. The lowest BCUT2D eigenvalue weighted by molar-refractivity contribution is 0.241. The molecule has 0 aliphatic rings. The molecule has 92 valence electrons. The lowest BCUT2D eigenvalue weighted by Crippen LogP contribution is -2.30. The third-order valence-corrected chi connectivity index (χ3v) is 3.53. The van der Waals surface area contributed by atoms with Gasteiger partial charge < -0.3 is 14.5 Å². The second-order valence-electron chi connectivity index (χ2n) is 3.29. The summed E-state index contributed by atoms with van der Waals surface area (Å²) in [7, 11) is -3.74. The van der Waals surface area contributed by atoms with Crippen LogP contribution in [-0.2, 0) is 10.0 Å². The molecule has 2 aromatic heterocycles. The number of aromatic amines is 1. The zero-order valence-corrected chi connectivity index (χ0v) is 9.52. The van der Waals surface area contributed by atoms with Gasteiger partial charge in [0.25, 0.3) is 10.0 Å². The number of hydrogen-bond donors (Lipinski definition) is 3. The Morgan fingerprint density at radius 1 is 1.59 bits per heavy atom. The van der Waals surface area contributed by atoms with Gasteiger partial charge in [0.2, 0.25) is 0 Å². The van der Waals surface area contributed by atoms with Crippen LogP contribution in [0, 0.1) is 0 Å². The van der Waals surface area contributed by atoms with Gasteiger partial charge in [-0.1, -0.05) is 0 Å². The maximum absolute atomic E-state index is 11.8. The number of nitrogens with zero attached hydrogens (tertiary/aromatic N) is 1. The number of imidazole rings is 1. The zero-order valence-electron chi connectivity index (χ0n) is 8.70. The van der Waals surface area contributed by atoms with Crippen LogP contribution < -0.4 is 4.72 Å². The van der Waals surface area contributed by atoms with Crippen molar-refractivity contribution in [3.8, 4) is 0 Å². The van der Waals surface area contributed by atoms with Gasteiger partial charge >= 0.3 is 0 Å². The minimum atomic E-state index is -3.74. The van der Waals surface area contributed by atoms with E-state index in [1.54, 1.807) is 12.1 Å². The van der Waals surface area contributed by atoms with Crippen LogP contribution in [0.1, 0.15) is 11.8 Å². The first kappa shape index (κ1) is 11.8. The first-order valence-corrected chi connectivity index (χ1v) is 6.27. The Morgan fingerprint density at radius 2 is 2.41 bits per heavy atom. The van der Waals surface area contributed by atoms with Crippen molar-refractivity contribution in [3.63, 3.8) is 0 Å². The van der Waals surface area contributed by atoms with Gasteiger partial charge in [-0.25, -0.2) is 13.4 Å². The number of sulfonamides is 1. The topological polar surface area (TPSA) is 108 Å². The van der Waals surface area contributed by atoms with Gasteiger partial charge in [0.1, 0.15) is 11.8 Å². The van der Waals surface area contributed by atoms with Crippen LogP contribution in [0.15, 0.2) is 40.4 Å². The Hall–Kier alpha value is -1.64. The van der Waals surface area contributed by atoms with Crippen molar-refractivity contribution in [2.45, 2.75) is 11.1 Å². The number of aliphatic hydroxyl groups excluding tert-OH is 1. The van der Waals surface area contributed by atoms with Crippen molar-refractivity contribution < 1.29 is 17.9 Å². The molecule has 1 atom stereocenters. The summed E-state index contributed by atoms with van der Waals surface area (Å²) in [6.07, 6.45) is 3.84. The van der Waals surface area contributed by atoms with Crippen LogP contribution in [0.3, 0.4) is 0 Å². The molecule has 2 aromatic rings. The molecule has 0 bridgehead atoms. The van der Waals surface area contributed by atoms with E-state index in [9.17, 15) is 8.42 Å². The molecule has 0 spiro atoms. The van der Waals surface area contributed by atoms with E-state index >= 15 is 0 Å². The number of hydrogen-bond acceptors (Lipinski definition) is 5. The molecule has 0 saturated carbocycles. The Bertz CT molecular complexity index is 547. The molecule has 2 heterocycles. The first-order chi connectivity index (χ1) is 8.13. The molecule has 2 rings (SSSR count). The molecule has 3 N–H and O–H groups in total. The zero-order chi connectivity index (χ0) is 12.3. The van der Waals surface area contributed by atoms with Gasteiger partial charge in [-0.05, 0) is 12.1 Å². The fraction of sp³-hybridized carbons (Fsp3) is 0.222. The summed E-state index contributed by atoms with van der Waals surface area (Å²) in [6, 6.07) is 2.37. The van der Waals surface area contributed by atoms with E-state index in [-0.39, 0.29) is 5.03 Å². The lowest BCUT2D eigenvalue weighted by atomic mass is 10.2. The SMILES string of the molecule is O=S(=O)(NC(CO)c1ccco1)c1cnc[nH]1. The summed E-state index contributed by atoms with van der Waals surface area (Å²) in [6.45, 7) is -0.402. The molecule has 0 amide bonds. The molecule has 0 aliphatic heterocycles. The molecular formula is C9H11N3O4S. The third-order valence-electron chi connectivity index (χ3n) is 2.13. The standard InChI is InChI=1S/C9H11N3O4S/c13-5-7(8-2-1-3-16-8)12-17(14,15)9-4-10-6-11-9/h1-4,6-7,12-13H,5H2,(H,10,11). The van der Waals surface area contributed by atoms with Crippen LogP contribution in [0.5, 0.6) is 0 Å². The second-order valence-corrected chi connectivity index (χ2v) is 4.97. The number of furan rings is 1. The van der Waals surface area contributed by atoms with Crippen molar-refractivity contribution in [2.24, 2.45) is 0 Å². The minimum absolute atomic E-state index is 0.0671. The van der Waals surface area contributed by atoms with Gasteiger partial charge in [-0.2, -0.15) is 4.72 Å². The molecule has 7 nitrogen and oxygen atoms in total. The predicted octanol–water partition coefficient (Wildman–Crippen LogP) is 0.0146. The largest absolute Gasteiger partial charge is 0.468 e. The third kappa shape index (κ3) is 2.54. The van der Waals surface area contributed by atoms with E-state index in [4.69, 9.17) is 9.52 Å². The van der Waals surface area contributed by atoms with Crippen molar-refractivity contribution in [2.75, 3.05) is 6.61 Å². The Morgan fingerprint density at radius 3 is 2.94 bits per heavy atom. The van der Waals surface area contributed by atoms with Crippen LogP contribution in [0.4, 0.5) is 0 Å². The minimum Gasteiger partial charge on any atom is -0.468 e. The van der Waals surface area contributed by atoms with Crippen molar-refractivity contribution >= 4 is 10.0 Å². The predicted molar refractivity (Wildman–Crippen MR) is 57.4 cm³/mol. The van der Waals surface area contributed by atoms with Crippen molar-refractivity contribution in [1.29, 1.82) is 0 Å². The molecule has 0 saturated heterocycles. The average Bonchev–Trinajstić information content (AvgIpc) is 2.97. The smallest absolute Gasteiger partial charge is 0.258 e. The molecule has 0 radical (unpaired) electrons. The van der Waals surface area contributed by atoms with Gasteiger partial charge in [-0.15, -0.1) is 0 Å². The number of aromatic nitrogens is 2. The summed E-state index contributed by atoms with van der Waals surface area (Å²) in [5.74, 6) is 0.343. The van der Waals surface area contributed by atoms with Crippen molar-refractivity contribution in [3.05, 3.63) is 36.7 Å². The maximum Gasteiger partial charge on any atom is 0.258 e. The van der Waals surface area contributed by atoms with Crippen LogP contribution >= 0.6 is 0 Å². The van der Waals surface area contributed by atoms with Crippen LogP contribution in [0.25, 0.3) is 0 Å². The Balaban J connectivity index is 2.20. The highest BCUT2D eigenvalue weighted by atomic mass is 32.2. The number of nitrogens with one attached hydrogen (secondary N) is 2. The number of aliphatic hydroxyl groups is 1. The van der Waals surface area contributed by atoms with Gasteiger partial charge in [-0.3, -0.25) is 0 Å². The van der Waals surface area contributed by atoms with Gasteiger partial charge in [0.05, 0.1) is 25.4 Å². The fourth-order valence-corrected chi connectivity index (χ4v) is 2.42. The summed E-state index contributed by atoms with van der Waals surface area (Å²) < 4.78 is 31.0. The highest BCUT2D eigenvalue weighted by molar-refractivity contribution is 7.89. The highest BCUT2D eigenvalue weighted by Crippen LogP contribution is 2.15. The molecular weight excluding hydrogens is 246 g/mol. The van der Waals surface area contributed by atoms with Crippen LogP contribution in [-0.4, -0.2) is 30.1 Å². The van der Waals surface area contributed by atoms with E-state index in [1.807, 2.05) is 0 Å². The van der Waals surface area contributed by atoms with Crippen LogP contribution in [0.2, 0.25) is 0 Å². The summed E-state index contributed by atoms with van der Waals surface area (Å²) in [4.78, 5) is 6.10. The van der Waals surface area contributed by atoms with E-state index in [1.165, 1.54) is 18.8 Å². The first-order valence-electron chi connectivity index (χ1n) is 4.78. The normalized spacial score (nSPS) is 13.7. The molecule has 17 heavy (non-hydrogen) atoms. The average molecular weight is 257 g/mol. The van der Waals surface area contributed by atoms with Gasteiger partial charge in [0, 0.05) is 0 Å². The fourth-order valence-electron chi connectivity index (χ4n) is 1.32. The molecule has 8 heteroatoms. The van der Waals surface area contributed by atoms with E-state index in [0.717, 1.165) is 0 Å².